The number of carbonyl (C=O) groups is 2. The maximum Gasteiger partial charge on any atom is 0.236 e. The first kappa shape index (κ1) is 15.7. The van der Waals surface area contributed by atoms with Crippen LogP contribution in [0, 0.1) is 13.8 Å². The van der Waals surface area contributed by atoms with E-state index in [1.807, 2.05) is 44.0 Å². The van der Waals surface area contributed by atoms with Gasteiger partial charge in [0.2, 0.25) is 5.91 Å². The zero-order valence-corrected chi connectivity index (χ0v) is 13.2. The molecule has 1 aliphatic rings. The monoisotopic (exact) mass is 288 g/mol. The van der Waals surface area contributed by atoms with E-state index in [0.29, 0.717) is 6.54 Å². The molecule has 1 fully saturated rings. The average Bonchev–Trinajstić information content (AvgIpc) is 2.95. The summed E-state index contributed by atoms with van der Waals surface area (Å²) >= 11 is 0. The molecule has 2 rings (SSSR count). The van der Waals surface area contributed by atoms with Crippen LogP contribution in [0.15, 0.2) is 18.2 Å². The zero-order valence-electron chi connectivity index (χ0n) is 13.2. The number of rotatable bonds is 5. The SMILES string of the molecule is Cc1ccc(C(=O)CN(C)CC(=O)N2CCCC2)cc1C. The van der Waals surface area contributed by atoms with Crippen LogP contribution in [0.2, 0.25) is 0 Å². The van der Waals surface area contributed by atoms with Gasteiger partial charge in [-0.3, -0.25) is 14.5 Å². The minimum Gasteiger partial charge on any atom is -0.342 e. The van der Waals surface area contributed by atoms with Gasteiger partial charge >= 0.3 is 0 Å². The molecule has 1 aromatic carbocycles. The van der Waals surface area contributed by atoms with Crippen LogP contribution in [-0.4, -0.2) is 54.7 Å². The molecule has 0 aromatic heterocycles. The van der Waals surface area contributed by atoms with Gasteiger partial charge in [-0.25, -0.2) is 0 Å². The molecule has 1 aromatic rings. The minimum atomic E-state index is 0.0646. The second-order valence-electron chi connectivity index (χ2n) is 5.98. The lowest BCUT2D eigenvalue weighted by Crippen LogP contribution is -2.39. The van der Waals surface area contributed by atoms with E-state index in [0.717, 1.165) is 37.1 Å². The number of Topliss-reactive ketones (excluding diaryl/α,β-unsaturated/α-hetero) is 1. The molecule has 1 aliphatic heterocycles. The van der Waals surface area contributed by atoms with Gasteiger partial charge in [0.15, 0.2) is 5.78 Å². The molecule has 0 saturated carbocycles. The van der Waals surface area contributed by atoms with Gasteiger partial charge in [0.05, 0.1) is 13.1 Å². The average molecular weight is 288 g/mol. The molecule has 4 nitrogen and oxygen atoms in total. The first-order valence-electron chi connectivity index (χ1n) is 7.54. The normalized spacial score (nSPS) is 14.8. The van der Waals surface area contributed by atoms with Crippen LogP contribution in [0.1, 0.15) is 34.3 Å². The number of amides is 1. The summed E-state index contributed by atoms with van der Waals surface area (Å²) in [5.41, 5.74) is 3.03. The predicted molar refractivity (Wildman–Crippen MR) is 83.6 cm³/mol. The zero-order chi connectivity index (χ0) is 15.4. The van der Waals surface area contributed by atoms with Gasteiger partial charge in [-0.2, -0.15) is 0 Å². The molecule has 114 valence electrons. The predicted octanol–water partition coefficient (Wildman–Crippen LogP) is 2.04. The van der Waals surface area contributed by atoms with Crippen molar-refractivity contribution in [2.45, 2.75) is 26.7 Å². The fourth-order valence-electron chi connectivity index (χ4n) is 2.60. The fraction of sp³-hybridized carbons (Fsp3) is 0.529. The maximum absolute atomic E-state index is 12.3. The Morgan fingerprint density at radius 2 is 1.76 bits per heavy atom. The largest absolute Gasteiger partial charge is 0.342 e. The smallest absolute Gasteiger partial charge is 0.236 e. The second-order valence-corrected chi connectivity index (χ2v) is 5.98. The van der Waals surface area contributed by atoms with Gasteiger partial charge < -0.3 is 4.90 Å². The molecule has 4 heteroatoms. The number of hydrogen-bond acceptors (Lipinski definition) is 3. The van der Waals surface area contributed by atoms with Crippen molar-refractivity contribution >= 4 is 11.7 Å². The van der Waals surface area contributed by atoms with Crippen molar-refractivity contribution in [3.63, 3.8) is 0 Å². The van der Waals surface area contributed by atoms with E-state index in [1.54, 1.807) is 4.90 Å². The van der Waals surface area contributed by atoms with Crippen molar-refractivity contribution in [1.82, 2.24) is 9.80 Å². The summed E-state index contributed by atoms with van der Waals surface area (Å²) in [6.07, 6.45) is 2.19. The van der Waals surface area contributed by atoms with Crippen molar-refractivity contribution < 1.29 is 9.59 Å². The quantitative estimate of drug-likeness (QED) is 0.779. The lowest BCUT2D eigenvalue weighted by atomic mass is 10.0. The van der Waals surface area contributed by atoms with E-state index in [9.17, 15) is 9.59 Å². The molecule has 0 atom stereocenters. The van der Waals surface area contributed by atoms with Crippen LogP contribution >= 0.6 is 0 Å². The molecule has 0 N–H and O–H groups in total. The third-order valence-electron chi connectivity index (χ3n) is 4.11. The topological polar surface area (TPSA) is 40.6 Å². The summed E-state index contributed by atoms with van der Waals surface area (Å²) in [6, 6.07) is 5.76. The van der Waals surface area contributed by atoms with Crippen LogP contribution in [0.5, 0.6) is 0 Å². The van der Waals surface area contributed by atoms with Gasteiger partial charge in [0.25, 0.3) is 0 Å². The number of hydrogen-bond donors (Lipinski definition) is 0. The Morgan fingerprint density at radius 3 is 2.38 bits per heavy atom. The number of carbonyl (C=O) groups excluding carboxylic acids is 2. The Morgan fingerprint density at radius 1 is 1.10 bits per heavy atom. The summed E-state index contributed by atoms with van der Waals surface area (Å²) in [5.74, 6) is 0.192. The Hall–Kier alpha value is -1.68. The molecule has 0 radical (unpaired) electrons. The fourth-order valence-corrected chi connectivity index (χ4v) is 2.60. The van der Waals surface area contributed by atoms with Gasteiger partial charge in [-0.05, 0) is 50.9 Å². The van der Waals surface area contributed by atoms with E-state index < -0.39 is 0 Å². The first-order valence-corrected chi connectivity index (χ1v) is 7.54. The van der Waals surface area contributed by atoms with E-state index in [1.165, 1.54) is 5.56 Å². The van der Waals surface area contributed by atoms with Crippen LogP contribution < -0.4 is 0 Å². The number of benzene rings is 1. The van der Waals surface area contributed by atoms with Crippen molar-refractivity contribution in [3.05, 3.63) is 34.9 Å². The summed E-state index contributed by atoms with van der Waals surface area (Å²) < 4.78 is 0. The number of ketones is 1. The molecule has 1 amide bonds. The Kier molecular flexibility index (Phi) is 5.12. The van der Waals surface area contributed by atoms with Crippen LogP contribution in [-0.2, 0) is 4.79 Å². The van der Waals surface area contributed by atoms with Crippen molar-refractivity contribution in [1.29, 1.82) is 0 Å². The molecule has 0 aliphatic carbocycles. The highest BCUT2D eigenvalue weighted by Gasteiger charge is 2.20. The summed E-state index contributed by atoms with van der Waals surface area (Å²) in [6.45, 7) is 6.35. The highest BCUT2D eigenvalue weighted by Crippen LogP contribution is 2.11. The standard InChI is InChI=1S/C17H24N2O2/c1-13-6-7-15(10-14(13)2)16(20)11-18(3)12-17(21)19-8-4-5-9-19/h6-7,10H,4-5,8-9,11-12H2,1-3H3. The molecule has 0 bridgehead atoms. The Labute approximate surface area is 126 Å². The van der Waals surface area contributed by atoms with Gasteiger partial charge in [0.1, 0.15) is 0 Å². The highest BCUT2D eigenvalue weighted by molar-refractivity contribution is 5.98. The third-order valence-corrected chi connectivity index (χ3v) is 4.11. The van der Waals surface area contributed by atoms with E-state index in [4.69, 9.17) is 0 Å². The summed E-state index contributed by atoms with van der Waals surface area (Å²) in [7, 11) is 1.83. The van der Waals surface area contributed by atoms with Crippen LogP contribution in [0.3, 0.4) is 0 Å². The molecular weight excluding hydrogens is 264 g/mol. The second kappa shape index (κ2) is 6.85. The van der Waals surface area contributed by atoms with Gasteiger partial charge in [0, 0.05) is 18.7 Å². The lowest BCUT2D eigenvalue weighted by molar-refractivity contribution is -0.130. The Balaban J connectivity index is 1.89. The lowest BCUT2D eigenvalue weighted by Gasteiger charge is -2.20. The van der Waals surface area contributed by atoms with Crippen LogP contribution in [0.25, 0.3) is 0 Å². The number of aryl methyl sites for hydroxylation is 2. The van der Waals surface area contributed by atoms with Crippen molar-refractivity contribution in [2.24, 2.45) is 0 Å². The molecule has 21 heavy (non-hydrogen) atoms. The first-order chi connectivity index (χ1) is 9.97. The molecule has 1 heterocycles. The Bertz CT molecular complexity index is 534. The van der Waals surface area contributed by atoms with Crippen molar-refractivity contribution in [3.8, 4) is 0 Å². The number of likely N-dealkylation sites (tertiary alicyclic amines) is 1. The molecule has 1 saturated heterocycles. The molecular formula is C17H24N2O2. The van der Waals surface area contributed by atoms with Gasteiger partial charge in [-0.1, -0.05) is 12.1 Å². The number of likely N-dealkylation sites (N-methyl/N-ethyl adjacent to an activating group) is 1. The van der Waals surface area contributed by atoms with E-state index in [2.05, 4.69) is 0 Å². The maximum atomic E-state index is 12.3. The van der Waals surface area contributed by atoms with Gasteiger partial charge in [-0.15, -0.1) is 0 Å². The van der Waals surface area contributed by atoms with E-state index in [-0.39, 0.29) is 18.2 Å². The van der Waals surface area contributed by atoms with Crippen LogP contribution in [0.4, 0.5) is 0 Å². The highest BCUT2D eigenvalue weighted by atomic mass is 16.2. The third kappa shape index (κ3) is 4.14. The minimum absolute atomic E-state index is 0.0646. The number of nitrogens with zero attached hydrogens (tertiary/aromatic N) is 2. The molecule has 0 spiro atoms. The summed E-state index contributed by atoms with van der Waals surface area (Å²) in [5, 5.41) is 0. The van der Waals surface area contributed by atoms with Crippen molar-refractivity contribution in [2.75, 3.05) is 33.2 Å². The summed E-state index contributed by atoms with van der Waals surface area (Å²) in [4.78, 5) is 28.0. The van der Waals surface area contributed by atoms with E-state index >= 15 is 0 Å². The molecule has 0 unspecified atom stereocenters.